The first-order valence-electron chi connectivity index (χ1n) is 12.1. The fraction of sp³-hybridized carbons (Fsp3) is 0.346. The van der Waals surface area contributed by atoms with Crippen molar-refractivity contribution in [1.29, 1.82) is 0 Å². The van der Waals surface area contributed by atoms with Crippen LogP contribution in [0.1, 0.15) is 29.6 Å². The number of aromatic nitrogens is 2. The molecule has 1 amide bonds. The number of hydrogen-bond donors (Lipinski definition) is 4. The number of primary amides is 1. The summed E-state index contributed by atoms with van der Waals surface area (Å²) in [5, 5.41) is 8.59. The number of H-pyrrole nitrogens is 1. The SMILES string of the molecule is NC(=O)CC(N)C(=O)O.O=C(c1ccc(F)cc1)C1CCN(CCn2c(=O)[nH]c3ccccc3c2=O)CC1. The predicted molar refractivity (Wildman–Crippen MR) is 138 cm³/mol. The molecule has 11 nitrogen and oxygen atoms in total. The molecule has 0 saturated carbocycles. The Hall–Kier alpha value is -4.16. The number of ketones is 1. The molecule has 2 heterocycles. The summed E-state index contributed by atoms with van der Waals surface area (Å²) in [5.74, 6) is -2.30. The molecule has 0 radical (unpaired) electrons. The number of carbonyl (C=O) groups excluding carboxylic acids is 2. The van der Waals surface area contributed by atoms with Gasteiger partial charge in [0.1, 0.15) is 11.9 Å². The van der Waals surface area contributed by atoms with Crippen LogP contribution >= 0.6 is 0 Å². The van der Waals surface area contributed by atoms with Gasteiger partial charge < -0.3 is 26.5 Å². The molecule has 1 atom stereocenters. The number of amides is 1. The Labute approximate surface area is 216 Å². The van der Waals surface area contributed by atoms with Gasteiger partial charge in [0, 0.05) is 24.6 Å². The van der Waals surface area contributed by atoms with Crippen molar-refractivity contribution in [3.05, 3.63) is 80.7 Å². The molecular weight excluding hydrogens is 497 g/mol. The summed E-state index contributed by atoms with van der Waals surface area (Å²) in [6.45, 7) is 2.31. The summed E-state index contributed by atoms with van der Waals surface area (Å²) >= 11 is 0. The molecule has 2 aromatic carbocycles. The number of nitrogens with two attached hydrogens (primary N) is 2. The van der Waals surface area contributed by atoms with Crippen LogP contribution in [0.15, 0.2) is 58.1 Å². The van der Waals surface area contributed by atoms with E-state index in [0.29, 0.717) is 42.4 Å². The number of carbonyl (C=O) groups is 3. The molecule has 1 fully saturated rings. The summed E-state index contributed by atoms with van der Waals surface area (Å²) in [5.41, 5.74) is 9.95. The normalized spacial score (nSPS) is 14.9. The van der Waals surface area contributed by atoms with Crippen LogP contribution in [0.3, 0.4) is 0 Å². The van der Waals surface area contributed by atoms with Gasteiger partial charge in [0.15, 0.2) is 5.78 Å². The number of Topliss-reactive ketones (excluding diaryl/α,β-unsaturated/α-hetero) is 1. The number of halogens is 1. The van der Waals surface area contributed by atoms with Gasteiger partial charge in [-0.05, 0) is 62.3 Å². The number of nitrogens with one attached hydrogen (secondary N) is 1. The number of rotatable bonds is 8. The zero-order valence-corrected chi connectivity index (χ0v) is 20.6. The predicted octanol–water partition coefficient (Wildman–Crippen LogP) is 0.698. The van der Waals surface area contributed by atoms with Crippen LogP contribution in [0.25, 0.3) is 10.9 Å². The van der Waals surface area contributed by atoms with Crippen molar-refractivity contribution in [2.75, 3.05) is 19.6 Å². The average molecular weight is 528 g/mol. The third-order valence-electron chi connectivity index (χ3n) is 6.35. The van der Waals surface area contributed by atoms with E-state index in [1.807, 2.05) is 0 Å². The monoisotopic (exact) mass is 527 g/mol. The van der Waals surface area contributed by atoms with Gasteiger partial charge in [-0.15, -0.1) is 0 Å². The standard InChI is InChI=1S/C22H22FN3O3.C4H8N2O3/c23-17-7-5-15(6-8-17)20(27)16-9-11-25(12-10-16)13-14-26-21(28)18-3-1-2-4-19(18)24-22(26)29;5-2(4(8)9)1-3(6)7/h1-8,16H,9-14H2,(H,24,29);2H,1,5H2,(H2,6,7)(H,8,9). The molecule has 202 valence electrons. The molecule has 1 aliphatic rings. The molecule has 12 heteroatoms. The quantitative estimate of drug-likeness (QED) is 0.309. The Balaban J connectivity index is 0.000000383. The lowest BCUT2D eigenvalue weighted by atomic mass is 9.89. The Kier molecular flexibility index (Phi) is 9.63. The van der Waals surface area contributed by atoms with E-state index in [2.05, 4.69) is 15.6 Å². The Morgan fingerprint density at radius 1 is 1.03 bits per heavy atom. The third-order valence-corrected chi connectivity index (χ3v) is 6.35. The van der Waals surface area contributed by atoms with Crippen molar-refractivity contribution in [2.24, 2.45) is 17.4 Å². The van der Waals surface area contributed by atoms with Gasteiger partial charge in [-0.25, -0.2) is 9.18 Å². The van der Waals surface area contributed by atoms with E-state index in [9.17, 15) is 28.4 Å². The molecule has 3 aromatic rings. The molecule has 0 aliphatic carbocycles. The number of aliphatic carboxylic acids is 1. The zero-order chi connectivity index (χ0) is 27.8. The minimum Gasteiger partial charge on any atom is -0.480 e. The summed E-state index contributed by atoms with van der Waals surface area (Å²) in [4.78, 5) is 62.2. The highest BCUT2D eigenvalue weighted by Crippen LogP contribution is 2.22. The minimum absolute atomic E-state index is 0.0480. The van der Waals surface area contributed by atoms with Crippen molar-refractivity contribution < 1.29 is 23.9 Å². The van der Waals surface area contributed by atoms with Crippen LogP contribution < -0.4 is 22.7 Å². The maximum atomic E-state index is 13.0. The first-order valence-corrected chi connectivity index (χ1v) is 12.1. The van der Waals surface area contributed by atoms with Crippen LogP contribution in [0.4, 0.5) is 4.39 Å². The molecule has 1 unspecified atom stereocenters. The van der Waals surface area contributed by atoms with E-state index in [4.69, 9.17) is 10.8 Å². The molecule has 1 aliphatic heterocycles. The van der Waals surface area contributed by atoms with E-state index in [0.717, 1.165) is 13.1 Å². The number of likely N-dealkylation sites (tertiary alicyclic amines) is 1. The van der Waals surface area contributed by atoms with Gasteiger partial charge in [-0.1, -0.05) is 12.1 Å². The molecule has 1 saturated heterocycles. The lowest BCUT2D eigenvalue weighted by molar-refractivity contribution is -0.140. The van der Waals surface area contributed by atoms with Gasteiger partial charge in [-0.3, -0.25) is 23.7 Å². The van der Waals surface area contributed by atoms with E-state index >= 15 is 0 Å². The second-order valence-corrected chi connectivity index (χ2v) is 9.03. The number of fused-ring (bicyclic) bond motifs is 1. The highest BCUT2D eigenvalue weighted by Gasteiger charge is 2.26. The summed E-state index contributed by atoms with van der Waals surface area (Å²) in [6, 6.07) is 11.5. The van der Waals surface area contributed by atoms with Gasteiger partial charge in [-0.2, -0.15) is 0 Å². The molecule has 4 rings (SSSR count). The second kappa shape index (κ2) is 12.9. The maximum absolute atomic E-state index is 13.0. The second-order valence-electron chi connectivity index (χ2n) is 9.03. The van der Waals surface area contributed by atoms with Crippen LogP contribution in [-0.2, 0) is 16.1 Å². The van der Waals surface area contributed by atoms with Gasteiger partial charge in [0.05, 0.1) is 17.3 Å². The van der Waals surface area contributed by atoms with Crippen molar-refractivity contribution in [1.82, 2.24) is 14.5 Å². The summed E-state index contributed by atoms with van der Waals surface area (Å²) in [7, 11) is 0. The smallest absolute Gasteiger partial charge is 0.328 e. The van der Waals surface area contributed by atoms with E-state index < -0.39 is 23.6 Å². The number of piperidine rings is 1. The molecule has 0 bridgehead atoms. The number of nitrogens with zero attached hydrogens (tertiary/aromatic N) is 2. The van der Waals surface area contributed by atoms with Crippen LogP contribution in [0, 0.1) is 11.7 Å². The maximum Gasteiger partial charge on any atom is 0.328 e. The average Bonchev–Trinajstić information content (AvgIpc) is 2.89. The number of para-hydroxylation sites is 1. The number of carboxylic acids is 1. The Morgan fingerprint density at radius 2 is 1.66 bits per heavy atom. The lowest BCUT2D eigenvalue weighted by Crippen LogP contribution is -2.42. The summed E-state index contributed by atoms with van der Waals surface area (Å²) in [6.07, 6.45) is 1.10. The van der Waals surface area contributed by atoms with Crippen molar-refractivity contribution >= 4 is 28.6 Å². The van der Waals surface area contributed by atoms with E-state index in [1.165, 1.54) is 28.8 Å². The molecule has 0 spiro atoms. The fourth-order valence-electron chi connectivity index (χ4n) is 4.22. The number of benzene rings is 2. The van der Waals surface area contributed by atoms with E-state index in [1.54, 1.807) is 24.3 Å². The van der Waals surface area contributed by atoms with Crippen LogP contribution in [0.5, 0.6) is 0 Å². The van der Waals surface area contributed by atoms with E-state index in [-0.39, 0.29) is 29.5 Å². The topological polar surface area (TPSA) is 182 Å². The van der Waals surface area contributed by atoms with Gasteiger partial charge in [0.2, 0.25) is 5.91 Å². The van der Waals surface area contributed by atoms with Crippen molar-refractivity contribution in [3.63, 3.8) is 0 Å². The fourth-order valence-corrected chi connectivity index (χ4v) is 4.22. The molecular formula is C26H30FN5O6. The van der Waals surface area contributed by atoms with Gasteiger partial charge >= 0.3 is 11.7 Å². The largest absolute Gasteiger partial charge is 0.480 e. The van der Waals surface area contributed by atoms with Crippen LogP contribution in [0.2, 0.25) is 0 Å². The minimum atomic E-state index is -1.21. The zero-order valence-electron chi connectivity index (χ0n) is 20.6. The van der Waals surface area contributed by atoms with Crippen molar-refractivity contribution in [3.8, 4) is 0 Å². The van der Waals surface area contributed by atoms with Crippen LogP contribution in [-0.4, -0.2) is 62.9 Å². The Morgan fingerprint density at radius 3 is 2.24 bits per heavy atom. The Bertz CT molecular complexity index is 1410. The lowest BCUT2D eigenvalue weighted by Gasteiger charge is -2.31. The first kappa shape index (κ1) is 28.4. The molecule has 6 N–H and O–H groups in total. The van der Waals surface area contributed by atoms with Crippen molar-refractivity contribution in [2.45, 2.75) is 31.8 Å². The third kappa shape index (κ3) is 7.43. The first-order chi connectivity index (χ1) is 18.1. The number of hydrogen-bond acceptors (Lipinski definition) is 7. The molecule has 38 heavy (non-hydrogen) atoms. The highest BCUT2D eigenvalue weighted by molar-refractivity contribution is 5.97. The number of aromatic amines is 1. The number of carboxylic acid groups (broad SMARTS) is 1. The summed E-state index contributed by atoms with van der Waals surface area (Å²) < 4.78 is 14.3. The van der Waals surface area contributed by atoms with Gasteiger partial charge in [0.25, 0.3) is 5.56 Å². The molecule has 1 aromatic heterocycles. The highest BCUT2D eigenvalue weighted by atomic mass is 19.1.